The number of hydrogen-bond donors (Lipinski definition) is 0. The van der Waals surface area contributed by atoms with Crippen molar-refractivity contribution in [2.24, 2.45) is 0 Å². The van der Waals surface area contributed by atoms with Gasteiger partial charge in [-0.25, -0.2) is 9.97 Å². The van der Waals surface area contributed by atoms with Crippen LogP contribution in [0, 0.1) is 0 Å². The van der Waals surface area contributed by atoms with E-state index >= 15 is 0 Å². The molecule has 0 saturated carbocycles. The Balaban J connectivity index is 1.16. The van der Waals surface area contributed by atoms with Gasteiger partial charge in [0.25, 0.3) is 0 Å². The molecule has 0 N–H and O–H groups in total. The first-order valence-electron chi connectivity index (χ1n) is 20.4. The molecular formula is C54H37N5Si. The summed E-state index contributed by atoms with van der Waals surface area (Å²) in [6, 6.07) is 81.2. The fraction of sp³-hybridized carbons (Fsp3) is 0. The molecule has 6 heteroatoms. The second kappa shape index (κ2) is 13.7. The summed E-state index contributed by atoms with van der Waals surface area (Å²) < 4.78 is 6.89. The number of aromatic nitrogens is 5. The zero-order valence-corrected chi connectivity index (χ0v) is 33.6. The highest BCUT2D eigenvalue weighted by Gasteiger charge is 2.41. The van der Waals surface area contributed by atoms with Crippen LogP contribution in [-0.4, -0.2) is 31.6 Å². The summed E-state index contributed by atoms with van der Waals surface area (Å²) in [5.74, 6) is 2.47. The maximum absolute atomic E-state index is 5.57. The molecule has 0 spiro atoms. The average molecular weight is 784 g/mol. The second-order valence-corrected chi connectivity index (χ2v) is 19.2. The first-order chi connectivity index (χ1) is 29.8. The molecule has 12 aromatic rings. The van der Waals surface area contributed by atoms with Crippen LogP contribution in [0.2, 0.25) is 0 Å². The van der Waals surface area contributed by atoms with E-state index in [2.05, 4.69) is 238 Å². The molecule has 0 aliphatic heterocycles. The molecule has 0 radical (unpaired) electrons. The highest BCUT2D eigenvalue weighted by atomic mass is 28.3. The molecule has 12 rings (SSSR count). The summed E-state index contributed by atoms with van der Waals surface area (Å²) in [6.45, 7) is 0. The van der Waals surface area contributed by atoms with Gasteiger partial charge >= 0.3 is 0 Å². The van der Waals surface area contributed by atoms with E-state index in [1.807, 2.05) is 0 Å². The molecule has 60 heavy (non-hydrogen) atoms. The van der Waals surface area contributed by atoms with E-state index in [9.17, 15) is 0 Å². The van der Waals surface area contributed by atoms with E-state index in [-0.39, 0.29) is 0 Å². The number of para-hydroxylation sites is 4. The first-order valence-corrected chi connectivity index (χ1v) is 22.4. The van der Waals surface area contributed by atoms with Crippen molar-refractivity contribution in [2.45, 2.75) is 0 Å². The Morgan fingerprint density at radius 1 is 0.317 bits per heavy atom. The molecule has 0 amide bonds. The highest BCUT2D eigenvalue weighted by molar-refractivity contribution is 7.20. The molecule has 0 fully saturated rings. The van der Waals surface area contributed by atoms with Crippen molar-refractivity contribution in [2.75, 3.05) is 0 Å². The molecule has 0 bridgehead atoms. The van der Waals surface area contributed by atoms with Crippen molar-refractivity contribution in [1.29, 1.82) is 0 Å². The van der Waals surface area contributed by atoms with Crippen molar-refractivity contribution in [3.8, 4) is 22.8 Å². The minimum atomic E-state index is -2.79. The van der Waals surface area contributed by atoms with Gasteiger partial charge in [0, 0.05) is 10.8 Å². The van der Waals surface area contributed by atoms with Crippen LogP contribution < -0.4 is 20.7 Å². The first kappa shape index (κ1) is 34.3. The predicted molar refractivity (Wildman–Crippen MR) is 251 cm³/mol. The van der Waals surface area contributed by atoms with E-state index in [0.29, 0.717) is 0 Å². The van der Waals surface area contributed by atoms with E-state index in [0.717, 1.165) is 61.6 Å². The number of nitrogens with zero attached hydrogens (tertiary/aromatic N) is 5. The second-order valence-electron chi connectivity index (χ2n) is 15.4. The van der Waals surface area contributed by atoms with Crippen molar-refractivity contribution in [3.63, 3.8) is 0 Å². The number of hydrogen-bond acceptors (Lipinski definition) is 2. The van der Waals surface area contributed by atoms with E-state index in [4.69, 9.17) is 9.97 Å². The molecule has 0 aliphatic rings. The van der Waals surface area contributed by atoms with Crippen LogP contribution in [0.25, 0.3) is 72.4 Å². The maximum Gasteiger partial charge on any atom is 0.221 e. The van der Waals surface area contributed by atoms with Crippen LogP contribution in [0.15, 0.2) is 224 Å². The Hall–Kier alpha value is -7.80. The summed E-state index contributed by atoms with van der Waals surface area (Å²) in [4.78, 5) is 11.0. The van der Waals surface area contributed by atoms with E-state index < -0.39 is 8.07 Å². The summed E-state index contributed by atoms with van der Waals surface area (Å²) >= 11 is 0. The fourth-order valence-electron chi connectivity index (χ4n) is 9.62. The zero-order chi connectivity index (χ0) is 39.6. The lowest BCUT2D eigenvalue weighted by Crippen LogP contribution is -2.74. The molecule has 0 aliphatic carbocycles. The standard InChI is InChI=1S/C54H37N5Si/c1-5-19-38(20-6-1)39-35-52(57-47-29-15-13-27-44(47)45-28-14-16-30-48(45)57)56-53(36-39)59-50-32-18-17-31-49(50)58-51-37-43(33-34-46(51)55-54(58)59)60(40-21-7-2-8-22-40,41-23-9-3-10-24-41)42-25-11-4-12-26-42/h1-37H. The molecule has 8 aromatic carbocycles. The molecule has 0 unspecified atom stereocenters. The van der Waals surface area contributed by atoms with Gasteiger partial charge in [0.1, 0.15) is 11.6 Å². The Bertz CT molecular complexity index is 3380. The number of benzene rings is 8. The van der Waals surface area contributed by atoms with Gasteiger partial charge in [0.2, 0.25) is 5.78 Å². The van der Waals surface area contributed by atoms with Crippen molar-refractivity contribution < 1.29 is 0 Å². The Kier molecular flexibility index (Phi) is 7.80. The SMILES string of the molecule is c1ccc(-c2cc(-n3c4ccccc4c4ccccc43)nc(-n3c4ccccc4n4c5cc([Si](c6ccccc6)(c6ccccc6)c6ccccc6)ccc5nc34)c2)cc1. The van der Waals surface area contributed by atoms with Crippen molar-refractivity contribution in [3.05, 3.63) is 224 Å². The predicted octanol–water partition coefficient (Wildman–Crippen LogP) is 9.97. The molecule has 0 saturated heterocycles. The van der Waals surface area contributed by atoms with Crippen molar-refractivity contribution in [1.82, 2.24) is 23.5 Å². The average Bonchev–Trinajstić information content (AvgIpc) is 3.97. The summed E-state index contributed by atoms with van der Waals surface area (Å²) in [5.41, 5.74) is 8.55. The normalized spacial score (nSPS) is 12.0. The maximum atomic E-state index is 5.57. The van der Waals surface area contributed by atoms with Gasteiger partial charge in [-0.2, -0.15) is 0 Å². The number of rotatable bonds is 7. The van der Waals surface area contributed by atoms with E-state index in [1.165, 1.54) is 31.5 Å². The molecule has 4 heterocycles. The quantitative estimate of drug-likeness (QED) is 0.119. The Labute approximate surface area is 347 Å². The van der Waals surface area contributed by atoms with Crippen LogP contribution in [0.4, 0.5) is 0 Å². The van der Waals surface area contributed by atoms with Gasteiger partial charge in [-0.3, -0.25) is 13.5 Å². The van der Waals surface area contributed by atoms with Gasteiger partial charge in [0.15, 0.2) is 8.07 Å². The van der Waals surface area contributed by atoms with Crippen LogP contribution >= 0.6 is 0 Å². The van der Waals surface area contributed by atoms with Gasteiger partial charge < -0.3 is 0 Å². The van der Waals surface area contributed by atoms with Gasteiger partial charge in [-0.1, -0.05) is 176 Å². The molecule has 5 nitrogen and oxygen atoms in total. The largest absolute Gasteiger partial charge is 0.294 e. The third kappa shape index (κ3) is 5.11. The zero-order valence-electron chi connectivity index (χ0n) is 32.6. The smallest absolute Gasteiger partial charge is 0.221 e. The van der Waals surface area contributed by atoms with Crippen molar-refractivity contribution >= 4 is 78.5 Å². The fourth-order valence-corrected chi connectivity index (χ4v) is 14.4. The minimum absolute atomic E-state index is 0.802. The van der Waals surface area contributed by atoms with Crippen LogP contribution in [0.5, 0.6) is 0 Å². The number of imidazole rings is 2. The van der Waals surface area contributed by atoms with Gasteiger partial charge in [0.05, 0.1) is 33.1 Å². The molecule has 4 aromatic heterocycles. The number of fused-ring (bicyclic) bond motifs is 8. The topological polar surface area (TPSA) is 40.0 Å². The van der Waals surface area contributed by atoms with E-state index in [1.54, 1.807) is 0 Å². The number of pyridine rings is 1. The lowest BCUT2D eigenvalue weighted by Gasteiger charge is -2.34. The summed E-state index contributed by atoms with van der Waals surface area (Å²) in [5, 5.41) is 7.71. The Morgan fingerprint density at radius 3 is 1.35 bits per heavy atom. The van der Waals surface area contributed by atoms with Gasteiger partial charge in [-0.15, -0.1) is 0 Å². The summed E-state index contributed by atoms with van der Waals surface area (Å²) in [6.07, 6.45) is 0. The third-order valence-corrected chi connectivity index (χ3v) is 17.0. The summed E-state index contributed by atoms with van der Waals surface area (Å²) in [7, 11) is -2.79. The lowest BCUT2D eigenvalue weighted by molar-refractivity contribution is 0.997. The van der Waals surface area contributed by atoms with Crippen LogP contribution in [-0.2, 0) is 0 Å². The monoisotopic (exact) mass is 783 g/mol. The van der Waals surface area contributed by atoms with Crippen LogP contribution in [0.3, 0.4) is 0 Å². The van der Waals surface area contributed by atoms with Gasteiger partial charge in [-0.05, 0) is 80.4 Å². The molecular weight excluding hydrogens is 747 g/mol. The lowest BCUT2D eigenvalue weighted by atomic mass is 10.1. The third-order valence-electron chi connectivity index (χ3n) is 12.2. The minimum Gasteiger partial charge on any atom is -0.294 e. The Morgan fingerprint density at radius 2 is 0.783 bits per heavy atom. The van der Waals surface area contributed by atoms with Crippen LogP contribution in [0.1, 0.15) is 0 Å². The highest BCUT2D eigenvalue weighted by Crippen LogP contribution is 2.35. The molecule has 0 atom stereocenters. The molecule has 282 valence electrons.